The summed E-state index contributed by atoms with van der Waals surface area (Å²) in [5.41, 5.74) is 6.21. The van der Waals surface area contributed by atoms with Gasteiger partial charge in [0.25, 0.3) is 0 Å². The highest BCUT2D eigenvalue weighted by Gasteiger charge is 2.17. The molecule has 0 amide bonds. The van der Waals surface area contributed by atoms with Crippen molar-refractivity contribution in [3.63, 3.8) is 0 Å². The third kappa shape index (κ3) is 13.3. The number of benzene rings is 4. The topological polar surface area (TPSA) is 179 Å². The highest BCUT2D eigenvalue weighted by molar-refractivity contribution is 9.69. The number of ether oxygens (including phenoxy) is 1. The van der Waals surface area contributed by atoms with E-state index in [-0.39, 0.29) is 16.4 Å². The number of aromatic nitrogens is 2. The average Bonchev–Trinajstić information content (AvgIpc) is 3.65. The van der Waals surface area contributed by atoms with E-state index in [0.29, 0.717) is 58.1 Å². The molecule has 6 aromatic rings. The first-order chi connectivity index (χ1) is 27.9. The minimum absolute atomic E-state index is 0. The zero-order valence-corrected chi connectivity index (χ0v) is 38.7. The zero-order chi connectivity index (χ0) is 43.5. The van der Waals surface area contributed by atoms with E-state index >= 15 is 0 Å². The number of phenolic OH excluding ortho intramolecular Hbond substituents is 1. The summed E-state index contributed by atoms with van der Waals surface area (Å²) in [5, 5.41) is 30.6. The van der Waals surface area contributed by atoms with Crippen LogP contribution in [0.1, 0.15) is 54.9 Å². The Bertz CT molecular complexity index is 2930. The molecule has 3 N–H and O–H groups in total. The number of nitrogens with one attached hydrogen (secondary N) is 2. The Hall–Kier alpha value is -5.34. The summed E-state index contributed by atoms with van der Waals surface area (Å²) in [6.07, 6.45) is 2.19. The Kier molecular flexibility index (Phi) is 17.8. The molecule has 0 spiro atoms. The van der Waals surface area contributed by atoms with Crippen molar-refractivity contribution in [3.05, 3.63) is 119 Å². The van der Waals surface area contributed by atoms with Crippen LogP contribution >= 0.6 is 47.3 Å². The predicted octanol–water partition coefficient (Wildman–Crippen LogP) is 9.11. The number of sulfonamides is 2. The Morgan fingerprint density at radius 3 is 1.40 bits per heavy atom. The van der Waals surface area contributed by atoms with Gasteiger partial charge >= 0.3 is 3.18 Å². The van der Waals surface area contributed by atoms with E-state index in [0.717, 1.165) is 40.1 Å². The second kappa shape index (κ2) is 21.8. The first-order valence-corrected chi connectivity index (χ1v) is 23.9. The largest absolute Gasteiger partial charge is 0.508 e. The molecule has 0 aliphatic carbocycles. The van der Waals surface area contributed by atoms with Crippen molar-refractivity contribution in [3.8, 4) is 47.3 Å². The lowest BCUT2D eigenvalue weighted by molar-refractivity contribution is 0.415. The van der Waals surface area contributed by atoms with Gasteiger partial charge in [0.2, 0.25) is 20.0 Å². The van der Waals surface area contributed by atoms with Crippen LogP contribution in [0.2, 0.25) is 0 Å². The molecule has 4 aromatic carbocycles. The molecule has 0 saturated heterocycles. The Balaban J connectivity index is 0.000000290. The van der Waals surface area contributed by atoms with E-state index in [4.69, 9.17) is 4.74 Å². The molecule has 0 atom stereocenters. The summed E-state index contributed by atoms with van der Waals surface area (Å²) in [7, 11) is -5.04. The SMILES string of the molecule is BrB(Br)Br.C.CCn1c(C#Cc2ccc(NS(C)(=O)=O)cc2)c(C#N)c2ccc(O)cc21.CCn1c(C#Cc2ccc(NS(C)(=O)=O)cc2)c(C#N)c2ccc(OC)cc21. The Labute approximate surface area is 376 Å². The molecule has 0 aliphatic rings. The number of hydrogen-bond acceptors (Lipinski definition) is 8. The van der Waals surface area contributed by atoms with Crippen LogP contribution in [0.4, 0.5) is 11.4 Å². The molecule has 18 heteroatoms. The Morgan fingerprint density at radius 1 is 0.667 bits per heavy atom. The lowest BCUT2D eigenvalue weighted by Gasteiger charge is -2.05. The van der Waals surface area contributed by atoms with Crippen molar-refractivity contribution in [2.45, 2.75) is 34.4 Å². The summed E-state index contributed by atoms with van der Waals surface area (Å²) in [6, 6.07) is 28.4. The third-order valence-corrected chi connectivity index (χ3v) is 9.42. The summed E-state index contributed by atoms with van der Waals surface area (Å²) in [5.74, 6) is 13.1. The highest BCUT2D eigenvalue weighted by Crippen LogP contribution is 2.30. The maximum Gasteiger partial charge on any atom is 0.369 e. The number of fused-ring (bicyclic) bond motifs is 2. The summed E-state index contributed by atoms with van der Waals surface area (Å²) < 4.78 is 59.3. The Morgan fingerprint density at radius 2 is 1.05 bits per heavy atom. The van der Waals surface area contributed by atoms with Gasteiger partial charge < -0.3 is 19.0 Å². The molecule has 0 saturated carbocycles. The average molecular weight is 1040 g/mol. The zero-order valence-electron chi connectivity index (χ0n) is 32.3. The van der Waals surface area contributed by atoms with Gasteiger partial charge in [0.1, 0.15) is 35.0 Å². The fourth-order valence-electron chi connectivity index (χ4n) is 5.87. The maximum absolute atomic E-state index is 11.3. The van der Waals surface area contributed by atoms with Crippen LogP contribution in [0.25, 0.3) is 21.8 Å². The fraction of sp³-hybridized carbons (Fsp3) is 0.190. The lowest BCUT2D eigenvalue weighted by atomic mass is 10.1. The van der Waals surface area contributed by atoms with Gasteiger partial charge in [-0.05, 0) is 98.5 Å². The number of hydrogen-bond donors (Lipinski definition) is 3. The number of rotatable bonds is 7. The van der Waals surface area contributed by atoms with Crippen molar-refractivity contribution in [1.29, 1.82) is 10.5 Å². The van der Waals surface area contributed by atoms with Gasteiger partial charge in [-0.2, -0.15) is 10.5 Å². The minimum Gasteiger partial charge on any atom is -0.508 e. The highest BCUT2D eigenvalue weighted by atomic mass is 79.9. The molecule has 6 rings (SSSR count). The molecule has 0 fully saturated rings. The third-order valence-electron chi connectivity index (χ3n) is 8.20. The normalized spacial score (nSPS) is 10.4. The van der Waals surface area contributed by atoms with E-state index < -0.39 is 20.0 Å². The number of nitriles is 2. The van der Waals surface area contributed by atoms with E-state index in [1.807, 2.05) is 41.2 Å². The molecule has 0 aliphatic heterocycles. The number of nitrogens with zero attached hydrogens (tertiary/aromatic N) is 4. The molecule has 2 heterocycles. The molecule has 2 aromatic heterocycles. The first-order valence-electron chi connectivity index (χ1n) is 17.4. The standard InChI is InChI=1S/C21H19N3O3S.C20H17N3O3S.CH4.BBr3/c1-4-24-20(19(14-22)18-11-10-17(27-2)13-21(18)24)12-7-15-5-8-16(9-6-15)23-28(3,25)26;1-3-23-19(18(13-21)17-10-9-16(24)12-20(17)23)11-6-14-4-7-15(8-5-14)22-27(2,25)26;;2-1(3)4/h5-6,8-11,13,23H,4H2,1-3H3;4-5,7-10,12,22,24H,3H2,1-2H3;1H4;. The summed E-state index contributed by atoms with van der Waals surface area (Å²) >= 11 is 9.31. The first kappa shape index (κ1) is 49.0. The monoisotopic (exact) mass is 1040 g/mol. The second-order valence-electron chi connectivity index (χ2n) is 12.4. The van der Waals surface area contributed by atoms with Crippen molar-refractivity contribution in [1.82, 2.24) is 9.13 Å². The predicted molar refractivity (Wildman–Crippen MR) is 254 cm³/mol. The number of aryl methyl sites for hydroxylation is 2. The smallest absolute Gasteiger partial charge is 0.369 e. The molecular weight excluding hydrogens is 999 g/mol. The van der Waals surface area contributed by atoms with E-state index in [2.05, 4.69) is 92.5 Å². The van der Waals surface area contributed by atoms with Gasteiger partial charge in [-0.25, -0.2) is 16.8 Å². The van der Waals surface area contributed by atoms with Gasteiger partial charge in [-0.1, -0.05) is 19.3 Å². The molecule has 60 heavy (non-hydrogen) atoms. The van der Waals surface area contributed by atoms with Crippen LogP contribution in [0.5, 0.6) is 11.5 Å². The molecule has 310 valence electrons. The van der Waals surface area contributed by atoms with Crippen LogP contribution in [0, 0.1) is 46.3 Å². The molecule has 0 bridgehead atoms. The van der Waals surface area contributed by atoms with Gasteiger partial charge in [0.05, 0.1) is 41.8 Å². The van der Waals surface area contributed by atoms with E-state index in [1.54, 1.807) is 73.8 Å². The van der Waals surface area contributed by atoms with E-state index in [1.165, 1.54) is 0 Å². The van der Waals surface area contributed by atoms with Gasteiger partial charge in [0.15, 0.2) is 0 Å². The molecular formula is C42H40BBr3N6O6S2. The summed E-state index contributed by atoms with van der Waals surface area (Å²) in [4.78, 5) is 0. The van der Waals surface area contributed by atoms with Crippen LogP contribution < -0.4 is 14.2 Å². The number of halogens is 3. The number of anilines is 2. The van der Waals surface area contributed by atoms with Crippen molar-refractivity contribution in [2.24, 2.45) is 0 Å². The van der Waals surface area contributed by atoms with Crippen LogP contribution in [-0.2, 0) is 33.1 Å². The van der Waals surface area contributed by atoms with Crippen LogP contribution in [-0.4, -0.2) is 53.9 Å². The quantitative estimate of drug-likeness (QED) is 0.105. The van der Waals surface area contributed by atoms with E-state index in [9.17, 15) is 32.5 Å². The molecule has 0 radical (unpaired) electrons. The van der Waals surface area contributed by atoms with Gasteiger partial charge in [0, 0.05) is 58.5 Å². The van der Waals surface area contributed by atoms with Crippen LogP contribution in [0.15, 0.2) is 84.9 Å². The minimum atomic E-state index is -3.33. The number of aromatic hydroxyl groups is 1. The van der Waals surface area contributed by atoms with Gasteiger partial charge in [-0.15, -0.1) is 47.3 Å². The summed E-state index contributed by atoms with van der Waals surface area (Å²) in [6.45, 7) is 5.20. The molecule has 12 nitrogen and oxygen atoms in total. The van der Waals surface area contributed by atoms with Crippen molar-refractivity contribution >= 4 is 104 Å². The van der Waals surface area contributed by atoms with Crippen LogP contribution in [0.3, 0.4) is 0 Å². The lowest BCUT2D eigenvalue weighted by Crippen LogP contribution is -2.09. The van der Waals surface area contributed by atoms with Gasteiger partial charge in [-0.3, -0.25) is 9.44 Å². The number of phenols is 1. The second-order valence-corrected chi connectivity index (χ2v) is 22.3. The van der Waals surface area contributed by atoms with Crippen molar-refractivity contribution in [2.75, 3.05) is 29.1 Å². The molecule has 0 unspecified atom stereocenters. The number of methoxy groups -OCH3 is 1. The van der Waals surface area contributed by atoms with Crippen molar-refractivity contribution < 1.29 is 26.7 Å². The fourth-order valence-corrected chi connectivity index (χ4v) is 7.00. The maximum atomic E-state index is 11.3.